The van der Waals surface area contributed by atoms with Gasteiger partial charge in [0.25, 0.3) is 0 Å². The normalized spacial score (nSPS) is 16.5. The van der Waals surface area contributed by atoms with Crippen molar-refractivity contribution in [1.82, 2.24) is 0 Å². The minimum Gasteiger partial charge on any atom is -0.401 e. The fraction of sp³-hybridized carbons (Fsp3) is 0.364. The Bertz CT molecular complexity index is 229. The largest absolute Gasteiger partial charge is 0.401 e. The topological polar surface area (TPSA) is 3.24 Å². The number of nitrogens with zero attached hydrogens (tertiary/aromatic N) is 1. The van der Waals surface area contributed by atoms with Gasteiger partial charge in [0.15, 0.2) is 0 Å². The maximum atomic E-state index is 2.42. The van der Waals surface area contributed by atoms with Crippen molar-refractivity contribution in [1.29, 1.82) is 0 Å². The van der Waals surface area contributed by atoms with Crippen LogP contribution < -0.4 is 4.90 Å². The summed E-state index contributed by atoms with van der Waals surface area (Å²) in [6.45, 7) is 2.32. The molecule has 1 aromatic carbocycles. The Balaban J connectivity index is 0.000000845. The quantitative estimate of drug-likeness (QED) is 0.658. The summed E-state index contributed by atoms with van der Waals surface area (Å²) >= 11 is 0. The second-order valence-electron chi connectivity index (χ2n) is 3.21. The van der Waals surface area contributed by atoms with E-state index in [1.807, 2.05) is 0 Å². The summed E-state index contributed by atoms with van der Waals surface area (Å²) in [7, 11) is 0. The second-order valence-corrected chi connectivity index (χ2v) is 3.21. The van der Waals surface area contributed by atoms with Crippen LogP contribution in [-0.4, -0.2) is 13.1 Å². The number of rotatable bonds is 1. The smallest absolute Gasteiger partial charge is 0.0341 e. The van der Waals surface area contributed by atoms with Gasteiger partial charge < -0.3 is 11.3 Å². The van der Waals surface area contributed by atoms with Crippen molar-refractivity contribution >= 4 is 5.69 Å². The molecule has 0 bridgehead atoms. The van der Waals surface area contributed by atoms with E-state index < -0.39 is 0 Å². The zero-order valence-electron chi connectivity index (χ0n) is 7.74. The third kappa shape index (κ3) is 3.04. The van der Waals surface area contributed by atoms with Crippen LogP contribution in [0.4, 0.5) is 5.69 Å². The van der Waals surface area contributed by atoms with E-state index in [9.17, 15) is 0 Å². The number of benzene rings is 1. The Labute approximate surface area is 104 Å². The van der Waals surface area contributed by atoms with Crippen LogP contribution in [0, 0.1) is 37.5 Å². The molecule has 0 radical (unpaired) electrons. The first-order valence-electron chi connectivity index (χ1n) is 4.58. The zero-order chi connectivity index (χ0) is 8.23. The molecular formula is C11H14NU-. The van der Waals surface area contributed by atoms with Crippen molar-refractivity contribution < 1.29 is 31.1 Å². The Kier molecular flexibility index (Phi) is 4.91. The SMILES string of the molecule is [U].c1ccc(N2C[CH-]CCC2)cc1. The number of anilines is 1. The van der Waals surface area contributed by atoms with Crippen LogP contribution in [0.15, 0.2) is 30.3 Å². The minimum atomic E-state index is 0. The van der Waals surface area contributed by atoms with Gasteiger partial charge in [-0.1, -0.05) is 24.6 Å². The van der Waals surface area contributed by atoms with Crippen LogP contribution in [0.5, 0.6) is 0 Å². The van der Waals surface area contributed by atoms with E-state index >= 15 is 0 Å². The molecule has 0 aromatic heterocycles. The fourth-order valence-corrected chi connectivity index (χ4v) is 1.64. The van der Waals surface area contributed by atoms with E-state index in [2.05, 4.69) is 41.7 Å². The second kappa shape index (κ2) is 5.73. The summed E-state index contributed by atoms with van der Waals surface area (Å²) < 4.78 is 0. The van der Waals surface area contributed by atoms with Gasteiger partial charge in [0.05, 0.1) is 0 Å². The van der Waals surface area contributed by atoms with E-state index in [1.54, 1.807) is 0 Å². The van der Waals surface area contributed by atoms with Crippen molar-refractivity contribution in [2.45, 2.75) is 12.8 Å². The summed E-state index contributed by atoms with van der Waals surface area (Å²) in [5.41, 5.74) is 1.36. The van der Waals surface area contributed by atoms with E-state index in [1.165, 1.54) is 25.1 Å². The van der Waals surface area contributed by atoms with E-state index in [0.717, 1.165) is 6.54 Å². The molecule has 1 aliphatic heterocycles. The zero-order valence-corrected chi connectivity index (χ0v) is 11.9. The van der Waals surface area contributed by atoms with Gasteiger partial charge in [0, 0.05) is 43.3 Å². The average molecular weight is 398 g/mol. The molecule has 0 amide bonds. The summed E-state index contributed by atoms with van der Waals surface area (Å²) in [6.07, 6.45) is 4.94. The van der Waals surface area contributed by atoms with E-state index in [0.29, 0.717) is 0 Å². The maximum Gasteiger partial charge on any atom is 0.0341 e. The van der Waals surface area contributed by atoms with Gasteiger partial charge in [-0.05, 0) is 12.1 Å². The van der Waals surface area contributed by atoms with Crippen LogP contribution in [0.25, 0.3) is 0 Å². The minimum absolute atomic E-state index is 0. The molecule has 13 heavy (non-hydrogen) atoms. The van der Waals surface area contributed by atoms with Crippen molar-refractivity contribution in [2.24, 2.45) is 0 Å². The summed E-state index contributed by atoms with van der Waals surface area (Å²) in [5.74, 6) is 0. The monoisotopic (exact) mass is 398 g/mol. The van der Waals surface area contributed by atoms with E-state index in [4.69, 9.17) is 0 Å². The van der Waals surface area contributed by atoms with Crippen molar-refractivity contribution in [3.8, 4) is 0 Å². The third-order valence-corrected chi connectivity index (χ3v) is 2.31. The molecule has 0 saturated carbocycles. The molecule has 1 aliphatic rings. The van der Waals surface area contributed by atoms with Gasteiger partial charge in [-0.15, -0.1) is 6.54 Å². The summed E-state index contributed by atoms with van der Waals surface area (Å²) in [5, 5.41) is 0. The Morgan fingerprint density at radius 3 is 2.54 bits per heavy atom. The molecule has 68 valence electrons. The first-order valence-corrected chi connectivity index (χ1v) is 4.58. The molecule has 0 aliphatic carbocycles. The fourth-order valence-electron chi connectivity index (χ4n) is 1.64. The van der Waals surface area contributed by atoms with Crippen LogP contribution in [0.3, 0.4) is 0 Å². The summed E-state index contributed by atoms with van der Waals surface area (Å²) in [6, 6.07) is 10.6. The van der Waals surface area contributed by atoms with Crippen LogP contribution >= 0.6 is 0 Å². The van der Waals surface area contributed by atoms with E-state index in [-0.39, 0.29) is 31.1 Å². The molecule has 2 heteroatoms. The Hall–Kier alpha value is 0.0719. The third-order valence-electron chi connectivity index (χ3n) is 2.31. The van der Waals surface area contributed by atoms with Crippen molar-refractivity contribution in [3.63, 3.8) is 0 Å². The van der Waals surface area contributed by atoms with Crippen LogP contribution in [0.1, 0.15) is 12.8 Å². The molecule has 0 spiro atoms. The number of hydrogen-bond acceptors (Lipinski definition) is 1. The first-order chi connectivity index (χ1) is 5.97. The van der Waals surface area contributed by atoms with Crippen molar-refractivity contribution in [3.05, 3.63) is 36.8 Å². The van der Waals surface area contributed by atoms with Crippen LogP contribution in [0.2, 0.25) is 0 Å². The molecule has 0 unspecified atom stereocenters. The number of para-hydroxylation sites is 1. The van der Waals surface area contributed by atoms with Gasteiger partial charge in [0.1, 0.15) is 0 Å². The number of piperidine rings is 1. The molecule has 0 atom stereocenters. The molecule has 1 nitrogen and oxygen atoms in total. The molecule has 0 N–H and O–H groups in total. The molecule has 1 fully saturated rings. The molecule has 2 rings (SSSR count). The van der Waals surface area contributed by atoms with Gasteiger partial charge >= 0.3 is 0 Å². The van der Waals surface area contributed by atoms with Crippen LogP contribution in [-0.2, 0) is 0 Å². The standard InChI is InChI=1S/C11H14N.U/c1-3-7-11(8-4-1)12-9-5-2-6-10-12;/h1,3-5,7-8H,2,6,9-10H2;/q-1;. The molecular weight excluding hydrogens is 384 g/mol. The summed E-state index contributed by atoms with van der Waals surface area (Å²) in [4.78, 5) is 2.42. The predicted octanol–water partition coefficient (Wildman–Crippen LogP) is 2.49. The predicted molar refractivity (Wildman–Crippen MR) is 52.2 cm³/mol. The van der Waals surface area contributed by atoms with Gasteiger partial charge in [-0.3, -0.25) is 0 Å². The van der Waals surface area contributed by atoms with Gasteiger partial charge in [-0.25, -0.2) is 0 Å². The number of hydrogen-bond donors (Lipinski definition) is 0. The Morgan fingerprint density at radius 2 is 1.92 bits per heavy atom. The average Bonchev–Trinajstić information content (AvgIpc) is 2.21. The molecule has 1 aromatic rings. The first kappa shape index (κ1) is 11.1. The van der Waals surface area contributed by atoms with Gasteiger partial charge in [0.2, 0.25) is 0 Å². The maximum absolute atomic E-state index is 2.42. The Morgan fingerprint density at radius 1 is 1.15 bits per heavy atom. The van der Waals surface area contributed by atoms with Crippen molar-refractivity contribution in [2.75, 3.05) is 18.0 Å². The van der Waals surface area contributed by atoms with Gasteiger partial charge in [-0.2, -0.15) is 6.42 Å². The molecule has 1 heterocycles. The molecule has 1 saturated heterocycles.